The van der Waals surface area contributed by atoms with Crippen molar-refractivity contribution in [1.29, 1.82) is 0 Å². The Balaban J connectivity index is 2.02. The molecule has 0 spiro atoms. The van der Waals surface area contributed by atoms with E-state index >= 15 is 0 Å². The van der Waals surface area contributed by atoms with Gasteiger partial charge in [-0.15, -0.1) is 0 Å². The molecule has 0 aromatic carbocycles. The molecule has 2 aliphatic heterocycles. The lowest BCUT2D eigenvalue weighted by Gasteiger charge is -2.26. The zero-order chi connectivity index (χ0) is 8.01. The topological polar surface area (TPSA) is 62.2 Å². The van der Waals surface area contributed by atoms with Crippen LogP contribution in [0.25, 0.3) is 0 Å². The molecule has 2 fully saturated rings. The normalized spacial score (nSPS) is 55.4. The molecule has 2 aliphatic rings. The van der Waals surface area contributed by atoms with E-state index in [4.69, 9.17) is 14.6 Å². The number of aliphatic hydroxyl groups excluding tert-OH is 2. The molecule has 4 nitrogen and oxygen atoms in total. The lowest BCUT2D eigenvalue weighted by Crippen LogP contribution is -2.41. The van der Waals surface area contributed by atoms with Crippen LogP contribution in [0.4, 0.5) is 0 Å². The van der Waals surface area contributed by atoms with E-state index in [2.05, 4.69) is 0 Å². The first-order valence-electron chi connectivity index (χ1n) is 3.84. The van der Waals surface area contributed by atoms with Crippen LogP contribution in [0.1, 0.15) is 6.92 Å². The van der Waals surface area contributed by atoms with Gasteiger partial charge in [-0.05, 0) is 0 Å². The number of hydrogen-bond acceptors (Lipinski definition) is 4. The third-order valence-electron chi connectivity index (χ3n) is 2.39. The van der Waals surface area contributed by atoms with Gasteiger partial charge in [0.15, 0.2) is 6.29 Å². The summed E-state index contributed by atoms with van der Waals surface area (Å²) in [7, 11) is 0. The molecular weight excluding hydrogens is 148 g/mol. The summed E-state index contributed by atoms with van der Waals surface area (Å²) in [6.45, 7) is 1.80. The van der Waals surface area contributed by atoms with E-state index in [0.29, 0.717) is 0 Å². The zero-order valence-electron chi connectivity index (χ0n) is 6.30. The SMILES string of the molecule is CC1[C@H]2O[C@@H]2C(CO)O[C@@H]1O. The molecule has 2 rings (SSSR count). The Hall–Kier alpha value is -0.160. The zero-order valence-corrected chi connectivity index (χ0v) is 6.30. The van der Waals surface area contributed by atoms with Crippen molar-refractivity contribution in [2.75, 3.05) is 6.61 Å². The van der Waals surface area contributed by atoms with Crippen LogP contribution in [-0.4, -0.2) is 41.4 Å². The quantitative estimate of drug-likeness (QED) is 0.488. The molecule has 0 aliphatic carbocycles. The highest BCUT2D eigenvalue weighted by atomic mass is 16.7. The van der Waals surface area contributed by atoms with Gasteiger partial charge < -0.3 is 19.7 Å². The molecule has 0 saturated carbocycles. The summed E-state index contributed by atoms with van der Waals surface area (Å²) in [6.07, 6.45) is -1.00. The fraction of sp³-hybridized carbons (Fsp3) is 1.00. The smallest absolute Gasteiger partial charge is 0.160 e. The molecule has 11 heavy (non-hydrogen) atoms. The number of hydrogen-bond donors (Lipinski definition) is 2. The van der Waals surface area contributed by atoms with E-state index in [-0.39, 0.29) is 30.8 Å². The highest BCUT2D eigenvalue weighted by molar-refractivity contribution is 4.98. The Morgan fingerprint density at radius 2 is 2.00 bits per heavy atom. The van der Waals surface area contributed by atoms with E-state index in [1.54, 1.807) is 0 Å². The maximum Gasteiger partial charge on any atom is 0.160 e. The number of fused-ring (bicyclic) bond motifs is 1. The van der Waals surface area contributed by atoms with Gasteiger partial charge >= 0.3 is 0 Å². The number of aliphatic hydroxyl groups is 2. The predicted molar refractivity (Wildman–Crippen MR) is 35.8 cm³/mol. The monoisotopic (exact) mass is 160 g/mol. The third-order valence-corrected chi connectivity index (χ3v) is 2.39. The van der Waals surface area contributed by atoms with Crippen molar-refractivity contribution in [1.82, 2.24) is 0 Å². The van der Waals surface area contributed by atoms with Crippen LogP contribution in [0.3, 0.4) is 0 Å². The highest BCUT2D eigenvalue weighted by Gasteiger charge is 2.55. The first-order valence-corrected chi connectivity index (χ1v) is 3.84. The van der Waals surface area contributed by atoms with Crippen molar-refractivity contribution in [3.63, 3.8) is 0 Å². The van der Waals surface area contributed by atoms with Gasteiger partial charge in [-0.25, -0.2) is 0 Å². The average molecular weight is 160 g/mol. The van der Waals surface area contributed by atoms with Gasteiger partial charge in [-0.3, -0.25) is 0 Å². The van der Waals surface area contributed by atoms with Crippen LogP contribution in [0, 0.1) is 5.92 Å². The minimum absolute atomic E-state index is 0.0124. The molecule has 0 radical (unpaired) electrons. The Morgan fingerprint density at radius 1 is 1.27 bits per heavy atom. The minimum Gasteiger partial charge on any atom is -0.394 e. The first kappa shape index (κ1) is 7.49. The van der Waals surface area contributed by atoms with Crippen molar-refractivity contribution in [2.24, 2.45) is 5.92 Å². The third kappa shape index (κ3) is 1.06. The van der Waals surface area contributed by atoms with E-state index in [9.17, 15) is 5.11 Å². The number of epoxide rings is 1. The molecular formula is C7H12O4. The second kappa shape index (κ2) is 2.42. The fourth-order valence-corrected chi connectivity index (χ4v) is 1.55. The number of rotatable bonds is 1. The van der Waals surface area contributed by atoms with Crippen LogP contribution >= 0.6 is 0 Å². The first-order chi connectivity index (χ1) is 5.24. The van der Waals surface area contributed by atoms with Crippen LogP contribution < -0.4 is 0 Å². The lowest BCUT2D eigenvalue weighted by atomic mass is 9.99. The summed E-state index contributed by atoms with van der Waals surface area (Å²) in [5.74, 6) is 0.0304. The van der Waals surface area contributed by atoms with E-state index in [1.807, 2.05) is 6.92 Å². The maximum absolute atomic E-state index is 9.26. The molecule has 64 valence electrons. The Morgan fingerprint density at radius 3 is 2.64 bits per heavy atom. The highest BCUT2D eigenvalue weighted by Crippen LogP contribution is 2.39. The molecule has 0 aromatic heterocycles. The van der Waals surface area contributed by atoms with Crippen LogP contribution in [0.2, 0.25) is 0 Å². The van der Waals surface area contributed by atoms with Gasteiger partial charge in [0, 0.05) is 5.92 Å². The summed E-state index contributed by atoms with van der Waals surface area (Å²) < 4.78 is 10.3. The molecule has 2 heterocycles. The van der Waals surface area contributed by atoms with Crippen molar-refractivity contribution in [3.8, 4) is 0 Å². The molecule has 0 bridgehead atoms. The second-order valence-corrected chi connectivity index (χ2v) is 3.17. The van der Waals surface area contributed by atoms with Crippen molar-refractivity contribution < 1.29 is 19.7 Å². The van der Waals surface area contributed by atoms with Crippen molar-refractivity contribution in [3.05, 3.63) is 0 Å². The fourth-order valence-electron chi connectivity index (χ4n) is 1.55. The summed E-state index contributed by atoms with van der Waals surface area (Å²) in [5.41, 5.74) is 0. The molecule has 2 saturated heterocycles. The molecule has 2 N–H and O–H groups in total. The minimum atomic E-state index is -0.782. The second-order valence-electron chi connectivity index (χ2n) is 3.17. The van der Waals surface area contributed by atoms with Gasteiger partial charge in [0.05, 0.1) is 12.7 Å². The van der Waals surface area contributed by atoms with Crippen LogP contribution in [0.5, 0.6) is 0 Å². The van der Waals surface area contributed by atoms with Gasteiger partial charge in [0.25, 0.3) is 0 Å². The van der Waals surface area contributed by atoms with Gasteiger partial charge in [-0.1, -0.05) is 6.92 Å². The van der Waals surface area contributed by atoms with Crippen LogP contribution in [0.15, 0.2) is 0 Å². The maximum atomic E-state index is 9.26. The summed E-state index contributed by atoms with van der Waals surface area (Å²) in [6, 6.07) is 0. The average Bonchev–Trinajstić information content (AvgIpc) is 2.76. The van der Waals surface area contributed by atoms with Crippen LogP contribution in [-0.2, 0) is 9.47 Å². The van der Waals surface area contributed by atoms with Gasteiger partial charge in [-0.2, -0.15) is 0 Å². The summed E-state index contributed by atoms with van der Waals surface area (Å²) in [4.78, 5) is 0. The summed E-state index contributed by atoms with van der Waals surface area (Å²) >= 11 is 0. The Bertz CT molecular complexity index is 157. The van der Waals surface area contributed by atoms with E-state index < -0.39 is 6.29 Å². The standard InChI is InChI=1S/C7H12O4/c1-3-5-6(11-5)4(2-8)10-7(3)9/h3-9H,2H2,1H3/t3?,4?,5-,6-,7+/m1/s1. The molecule has 4 heteroatoms. The molecule has 2 unspecified atom stereocenters. The lowest BCUT2D eigenvalue weighted by molar-refractivity contribution is -0.186. The van der Waals surface area contributed by atoms with Gasteiger partial charge in [0.1, 0.15) is 12.2 Å². The number of ether oxygens (including phenoxy) is 2. The molecule has 0 amide bonds. The summed E-state index contributed by atoms with van der Waals surface area (Å²) in [5, 5.41) is 18.0. The largest absolute Gasteiger partial charge is 0.394 e. The van der Waals surface area contributed by atoms with Crippen molar-refractivity contribution in [2.45, 2.75) is 31.5 Å². The predicted octanol–water partition coefficient (Wildman–Crippen LogP) is -0.901. The van der Waals surface area contributed by atoms with E-state index in [0.717, 1.165) is 0 Å². The Labute approximate surface area is 64.7 Å². The van der Waals surface area contributed by atoms with Crippen molar-refractivity contribution >= 4 is 0 Å². The molecule has 0 aromatic rings. The van der Waals surface area contributed by atoms with E-state index in [1.165, 1.54) is 0 Å². The van der Waals surface area contributed by atoms with Gasteiger partial charge in [0.2, 0.25) is 0 Å². The Kier molecular flexibility index (Phi) is 1.64. The molecule has 5 atom stereocenters.